The number of carbonyl (C=O) groups excluding carboxylic acids is 1. The van der Waals surface area contributed by atoms with Crippen molar-refractivity contribution in [2.24, 2.45) is 0 Å². The Bertz CT molecular complexity index is 138. The number of hydrogen-bond donors (Lipinski definition) is 0. The Morgan fingerprint density at radius 3 is 1.93 bits per heavy atom. The van der Waals surface area contributed by atoms with Crippen molar-refractivity contribution in [2.75, 3.05) is 0 Å². The molecule has 0 atom stereocenters. The molecule has 0 rings (SSSR count). The summed E-state index contributed by atoms with van der Waals surface area (Å²) < 4.78 is 0. The first-order chi connectivity index (χ1) is 6.91. The zero-order valence-electron chi connectivity index (χ0n) is 9.50. The molecule has 0 saturated heterocycles. The van der Waals surface area contributed by atoms with Gasteiger partial charge >= 0.3 is 0 Å². The summed E-state index contributed by atoms with van der Waals surface area (Å²) in [6.45, 7) is 2.23. The van der Waals surface area contributed by atoms with Crippen LogP contribution in [0.4, 0.5) is 0 Å². The first-order valence-electron chi connectivity index (χ1n) is 6.00. The zero-order chi connectivity index (χ0) is 10.5. The number of hydrogen-bond acceptors (Lipinski definition) is 1. The van der Waals surface area contributed by atoms with Gasteiger partial charge in [-0.1, -0.05) is 38.3 Å². The van der Waals surface area contributed by atoms with Crippen LogP contribution in [0.15, 0.2) is 12.2 Å². The smallest absolute Gasteiger partial charge is 0.119 e. The van der Waals surface area contributed by atoms with Crippen molar-refractivity contribution >= 4 is 6.29 Å². The highest BCUT2D eigenvalue weighted by Crippen LogP contribution is 2.04. The second kappa shape index (κ2) is 12.4. The molecule has 0 aromatic rings. The summed E-state index contributed by atoms with van der Waals surface area (Å²) in [6, 6.07) is 0. The molecule has 0 aliphatic heterocycles. The van der Waals surface area contributed by atoms with Crippen LogP contribution in [0.5, 0.6) is 0 Å². The summed E-state index contributed by atoms with van der Waals surface area (Å²) in [5.74, 6) is 0. The molecule has 0 aromatic heterocycles. The lowest BCUT2D eigenvalue weighted by Crippen LogP contribution is -1.78. The number of aldehydes is 1. The third-order valence-electron chi connectivity index (χ3n) is 2.33. The average Bonchev–Trinajstić information content (AvgIpc) is 2.21. The van der Waals surface area contributed by atoms with E-state index in [9.17, 15) is 4.79 Å². The summed E-state index contributed by atoms with van der Waals surface area (Å²) in [5.41, 5.74) is 0. The van der Waals surface area contributed by atoms with E-state index in [2.05, 4.69) is 19.1 Å². The fraction of sp³-hybridized carbons (Fsp3) is 0.769. The number of carbonyl (C=O) groups is 1. The summed E-state index contributed by atoms with van der Waals surface area (Å²) in [4.78, 5) is 10.0. The molecule has 1 nitrogen and oxygen atoms in total. The minimum absolute atomic E-state index is 0.736. The molecular weight excluding hydrogens is 172 g/mol. The number of rotatable bonds is 10. The van der Waals surface area contributed by atoms with E-state index in [4.69, 9.17) is 0 Å². The van der Waals surface area contributed by atoms with Crippen molar-refractivity contribution in [3.8, 4) is 0 Å². The van der Waals surface area contributed by atoms with E-state index in [0.717, 1.165) is 19.1 Å². The Kier molecular flexibility index (Phi) is 11.9. The van der Waals surface area contributed by atoms with Gasteiger partial charge < -0.3 is 4.79 Å². The van der Waals surface area contributed by atoms with Crippen LogP contribution in [-0.2, 0) is 4.79 Å². The van der Waals surface area contributed by atoms with Gasteiger partial charge in [0.05, 0.1) is 0 Å². The standard InChI is InChI=1S/C13H24O/c1-2-3-4-5-6-7-8-9-10-11-12-13-14/h6-7,13H,2-5,8-12H2,1H3/b7-6-. The van der Waals surface area contributed by atoms with Gasteiger partial charge in [0.15, 0.2) is 0 Å². The van der Waals surface area contributed by atoms with Gasteiger partial charge in [-0.25, -0.2) is 0 Å². The number of unbranched alkanes of at least 4 members (excludes halogenated alkanes) is 7. The van der Waals surface area contributed by atoms with Crippen LogP contribution in [0, 0.1) is 0 Å². The van der Waals surface area contributed by atoms with E-state index in [1.807, 2.05) is 0 Å². The third kappa shape index (κ3) is 11.4. The Balaban J connectivity index is 2.99. The average molecular weight is 196 g/mol. The third-order valence-corrected chi connectivity index (χ3v) is 2.33. The van der Waals surface area contributed by atoms with E-state index >= 15 is 0 Å². The van der Waals surface area contributed by atoms with Crippen molar-refractivity contribution < 1.29 is 4.79 Å². The fourth-order valence-corrected chi connectivity index (χ4v) is 1.41. The van der Waals surface area contributed by atoms with Crippen molar-refractivity contribution in [2.45, 2.75) is 64.7 Å². The molecule has 0 aliphatic rings. The maximum absolute atomic E-state index is 10.0. The van der Waals surface area contributed by atoms with Crippen LogP contribution in [0.1, 0.15) is 64.7 Å². The first-order valence-corrected chi connectivity index (χ1v) is 6.00. The second-order valence-corrected chi connectivity index (χ2v) is 3.77. The van der Waals surface area contributed by atoms with E-state index in [1.165, 1.54) is 44.9 Å². The number of allylic oxidation sites excluding steroid dienone is 2. The Hall–Kier alpha value is -0.590. The molecule has 0 spiro atoms. The summed E-state index contributed by atoms with van der Waals surface area (Å²) in [7, 11) is 0. The van der Waals surface area contributed by atoms with Gasteiger partial charge in [0.1, 0.15) is 6.29 Å². The molecule has 0 radical (unpaired) electrons. The van der Waals surface area contributed by atoms with Gasteiger partial charge in [-0.05, 0) is 32.1 Å². The summed E-state index contributed by atoms with van der Waals surface area (Å²) in [5, 5.41) is 0. The normalized spacial score (nSPS) is 10.9. The lowest BCUT2D eigenvalue weighted by Gasteiger charge is -1.94. The largest absolute Gasteiger partial charge is 0.303 e. The van der Waals surface area contributed by atoms with Crippen LogP contribution in [0.3, 0.4) is 0 Å². The molecular formula is C13H24O. The molecule has 0 aromatic carbocycles. The van der Waals surface area contributed by atoms with Crippen LogP contribution in [0.2, 0.25) is 0 Å². The van der Waals surface area contributed by atoms with Crippen molar-refractivity contribution in [1.82, 2.24) is 0 Å². The monoisotopic (exact) mass is 196 g/mol. The highest BCUT2D eigenvalue weighted by Gasteiger charge is 1.86. The van der Waals surface area contributed by atoms with Gasteiger partial charge in [0.2, 0.25) is 0 Å². The van der Waals surface area contributed by atoms with Crippen LogP contribution < -0.4 is 0 Å². The summed E-state index contributed by atoms with van der Waals surface area (Å²) >= 11 is 0. The SMILES string of the molecule is CCCCC/C=C\CCCCCC=O. The second-order valence-electron chi connectivity index (χ2n) is 3.77. The van der Waals surface area contributed by atoms with Gasteiger partial charge in [-0.3, -0.25) is 0 Å². The predicted molar refractivity (Wildman–Crippen MR) is 62.4 cm³/mol. The molecule has 0 fully saturated rings. The van der Waals surface area contributed by atoms with Crippen LogP contribution >= 0.6 is 0 Å². The van der Waals surface area contributed by atoms with Gasteiger partial charge in [0, 0.05) is 6.42 Å². The van der Waals surface area contributed by atoms with E-state index in [-0.39, 0.29) is 0 Å². The molecule has 0 saturated carbocycles. The van der Waals surface area contributed by atoms with Crippen molar-refractivity contribution in [3.05, 3.63) is 12.2 Å². The van der Waals surface area contributed by atoms with Gasteiger partial charge in [-0.15, -0.1) is 0 Å². The lowest BCUT2D eigenvalue weighted by molar-refractivity contribution is -0.107. The van der Waals surface area contributed by atoms with Crippen LogP contribution in [-0.4, -0.2) is 6.29 Å². The maximum Gasteiger partial charge on any atom is 0.119 e. The van der Waals surface area contributed by atoms with Crippen LogP contribution in [0.25, 0.3) is 0 Å². The van der Waals surface area contributed by atoms with Gasteiger partial charge in [-0.2, -0.15) is 0 Å². The minimum atomic E-state index is 0.736. The Morgan fingerprint density at radius 1 is 0.786 bits per heavy atom. The topological polar surface area (TPSA) is 17.1 Å². The Morgan fingerprint density at radius 2 is 1.36 bits per heavy atom. The molecule has 14 heavy (non-hydrogen) atoms. The fourth-order valence-electron chi connectivity index (χ4n) is 1.41. The molecule has 0 bridgehead atoms. The highest BCUT2D eigenvalue weighted by atomic mass is 16.1. The van der Waals surface area contributed by atoms with E-state index < -0.39 is 0 Å². The molecule has 0 unspecified atom stereocenters. The van der Waals surface area contributed by atoms with Crippen molar-refractivity contribution in [1.29, 1.82) is 0 Å². The molecule has 0 aliphatic carbocycles. The van der Waals surface area contributed by atoms with Crippen molar-refractivity contribution in [3.63, 3.8) is 0 Å². The van der Waals surface area contributed by atoms with E-state index in [1.54, 1.807) is 0 Å². The molecule has 0 amide bonds. The minimum Gasteiger partial charge on any atom is -0.303 e. The zero-order valence-corrected chi connectivity index (χ0v) is 9.50. The lowest BCUT2D eigenvalue weighted by atomic mass is 10.1. The molecule has 0 heterocycles. The maximum atomic E-state index is 10.0. The molecule has 1 heteroatoms. The van der Waals surface area contributed by atoms with E-state index in [0.29, 0.717) is 0 Å². The predicted octanol–water partition coefficient (Wildman–Crippen LogP) is 4.27. The molecule has 0 N–H and O–H groups in total. The first kappa shape index (κ1) is 13.4. The summed E-state index contributed by atoms with van der Waals surface area (Å²) in [6.07, 6.45) is 16.2. The highest BCUT2D eigenvalue weighted by molar-refractivity contribution is 5.48. The van der Waals surface area contributed by atoms with Gasteiger partial charge in [0.25, 0.3) is 0 Å². The molecule has 82 valence electrons. The Labute approximate surface area is 88.6 Å². The quantitative estimate of drug-likeness (QED) is 0.290.